The van der Waals surface area contributed by atoms with Gasteiger partial charge >= 0.3 is 5.97 Å². The van der Waals surface area contributed by atoms with Crippen LogP contribution < -0.4 is 5.73 Å². The number of hydrogen-bond donors (Lipinski definition) is 2. The summed E-state index contributed by atoms with van der Waals surface area (Å²) in [7, 11) is 0. The first kappa shape index (κ1) is 21.2. The van der Waals surface area contributed by atoms with Crippen molar-refractivity contribution in [2.24, 2.45) is 5.73 Å². The van der Waals surface area contributed by atoms with E-state index >= 15 is 0 Å². The van der Waals surface area contributed by atoms with E-state index in [0.717, 1.165) is 17.5 Å². The van der Waals surface area contributed by atoms with Gasteiger partial charge in [-0.05, 0) is 37.0 Å². The molecule has 0 aliphatic rings. The molecule has 3 N–H and O–H groups in total. The topological polar surface area (TPSA) is 63.3 Å². The van der Waals surface area contributed by atoms with E-state index in [1.165, 1.54) is 16.7 Å². The minimum Gasteiger partial charge on any atom is -0.480 e. The van der Waals surface area contributed by atoms with Crippen LogP contribution in [0.15, 0.2) is 78.9 Å². The molecule has 29 heavy (non-hydrogen) atoms. The number of nitrogens with two attached hydrogens (primary N) is 1. The second-order valence-electron chi connectivity index (χ2n) is 7.48. The van der Waals surface area contributed by atoms with Gasteiger partial charge in [-0.25, -0.2) is 0 Å². The summed E-state index contributed by atoms with van der Waals surface area (Å²) >= 11 is 1.61. The number of aliphatic carboxylic acids is 1. The van der Waals surface area contributed by atoms with Crippen LogP contribution in [-0.4, -0.2) is 22.9 Å². The second kappa shape index (κ2) is 9.29. The van der Waals surface area contributed by atoms with Crippen LogP contribution in [0.4, 0.5) is 0 Å². The van der Waals surface area contributed by atoms with Crippen molar-refractivity contribution >= 4 is 17.7 Å². The van der Waals surface area contributed by atoms with Gasteiger partial charge in [-0.3, -0.25) is 4.79 Å². The lowest BCUT2D eigenvalue weighted by Crippen LogP contribution is -2.36. The van der Waals surface area contributed by atoms with Gasteiger partial charge < -0.3 is 10.8 Å². The fourth-order valence-electron chi connectivity index (χ4n) is 3.42. The number of thioether (sulfide) groups is 1. The number of benzene rings is 3. The van der Waals surface area contributed by atoms with Gasteiger partial charge in [0, 0.05) is 5.75 Å². The second-order valence-corrected chi connectivity index (χ2v) is 8.80. The predicted molar refractivity (Wildman–Crippen MR) is 121 cm³/mol. The highest BCUT2D eigenvalue weighted by molar-refractivity contribution is 8.00. The maximum absolute atomic E-state index is 11.4. The zero-order chi connectivity index (χ0) is 20.9. The summed E-state index contributed by atoms with van der Waals surface area (Å²) in [5.74, 6) is -0.650. The van der Waals surface area contributed by atoms with Crippen molar-refractivity contribution in [1.29, 1.82) is 0 Å². The molecule has 0 aromatic heterocycles. The maximum atomic E-state index is 11.4. The highest BCUT2D eigenvalue weighted by Gasteiger charge is 2.36. The smallest absolute Gasteiger partial charge is 0.321 e. The Bertz CT molecular complexity index is 891. The molecule has 0 saturated carbocycles. The Morgan fingerprint density at radius 3 is 1.83 bits per heavy atom. The van der Waals surface area contributed by atoms with Crippen LogP contribution in [-0.2, 0) is 16.0 Å². The minimum atomic E-state index is -0.973. The van der Waals surface area contributed by atoms with Gasteiger partial charge in [0.2, 0.25) is 0 Å². The van der Waals surface area contributed by atoms with Crippen molar-refractivity contribution in [2.45, 2.75) is 31.1 Å². The molecule has 1 atom stereocenters. The normalized spacial score (nSPS) is 12.5. The van der Waals surface area contributed by atoms with Crippen molar-refractivity contribution in [3.05, 3.63) is 107 Å². The standard InChI is InChI=1S/C25H27NO2S/c1-18-8-12-21(13-9-18)25(29-17-23(26)24(27)28,16-20-6-4-3-5-7-20)22-14-10-19(2)11-15-22/h3-15,23H,16-17,26H2,1-2H3,(H,27,28)/t23-/m0/s1. The number of carbonyl (C=O) groups is 1. The molecular formula is C25H27NO2S. The fraction of sp³-hybridized carbons (Fsp3) is 0.240. The number of aryl methyl sites for hydroxylation is 2. The Kier molecular flexibility index (Phi) is 6.78. The molecular weight excluding hydrogens is 378 g/mol. The van der Waals surface area contributed by atoms with Crippen LogP contribution in [0.3, 0.4) is 0 Å². The molecule has 150 valence electrons. The third kappa shape index (κ3) is 5.08. The first-order valence-electron chi connectivity index (χ1n) is 9.71. The molecule has 3 aromatic rings. The van der Waals surface area contributed by atoms with E-state index in [1.54, 1.807) is 11.8 Å². The van der Waals surface area contributed by atoms with Crippen molar-refractivity contribution in [3.63, 3.8) is 0 Å². The summed E-state index contributed by atoms with van der Waals surface area (Å²) in [6.07, 6.45) is 0.747. The lowest BCUT2D eigenvalue weighted by atomic mass is 9.84. The Balaban J connectivity index is 2.14. The number of hydrogen-bond acceptors (Lipinski definition) is 3. The lowest BCUT2D eigenvalue weighted by molar-refractivity contribution is -0.137. The summed E-state index contributed by atoms with van der Waals surface area (Å²) in [6.45, 7) is 4.14. The van der Waals surface area contributed by atoms with Gasteiger partial charge in [-0.2, -0.15) is 0 Å². The minimum absolute atomic E-state index is 0.323. The zero-order valence-electron chi connectivity index (χ0n) is 16.8. The molecule has 0 aliphatic heterocycles. The summed E-state index contributed by atoms with van der Waals surface area (Å²) < 4.78 is -0.435. The Morgan fingerprint density at radius 2 is 1.38 bits per heavy atom. The molecule has 0 fully saturated rings. The van der Waals surface area contributed by atoms with Gasteiger partial charge in [-0.15, -0.1) is 11.8 Å². The molecule has 0 heterocycles. The number of carboxylic acids is 1. The first-order chi connectivity index (χ1) is 13.9. The average Bonchev–Trinajstić information content (AvgIpc) is 2.73. The first-order valence-corrected chi connectivity index (χ1v) is 10.7. The monoisotopic (exact) mass is 405 g/mol. The van der Waals surface area contributed by atoms with Gasteiger partial charge in [0.1, 0.15) is 6.04 Å². The van der Waals surface area contributed by atoms with Crippen LogP contribution in [0.5, 0.6) is 0 Å². The molecule has 4 heteroatoms. The van der Waals surface area contributed by atoms with Gasteiger partial charge in [0.15, 0.2) is 0 Å². The largest absolute Gasteiger partial charge is 0.480 e. The van der Waals surface area contributed by atoms with E-state index in [1.807, 2.05) is 18.2 Å². The highest BCUT2D eigenvalue weighted by Crippen LogP contribution is 2.46. The van der Waals surface area contributed by atoms with E-state index < -0.39 is 16.8 Å². The van der Waals surface area contributed by atoms with Crippen molar-refractivity contribution in [1.82, 2.24) is 0 Å². The Labute approximate surface area is 177 Å². The van der Waals surface area contributed by atoms with Crippen molar-refractivity contribution in [2.75, 3.05) is 5.75 Å². The van der Waals surface area contributed by atoms with Crippen LogP contribution in [0.25, 0.3) is 0 Å². The van der Waals surface area contributed by atoms with Crippen LogP contribution in [0, 0.1) is 13.8 Å². The third-order valence-electron chi connectivity index (χ3n) is 5.16. The molecule has 0 amide bonds. The molecule has 3 aromatic carbocycles. The van der Waals surface area contributed by atoms with Crippen LogP contribution >= 0.6 is 11.8 Å². The molecule has 0 unspecified atom stereocenters. The number of rotatable bonds is 8. The van der Waals surface area contributed by atoms with Gasteiger partial charge in [0.25, 0.3) is 0 Å². The van der Waals surface area contributed by atoms with Gasteiger partial charge in [0.05, 0.1) is 4.75 Å². The Hall–Kier alpha value is -2.56. The molecule has 0 saturated heterocycles. The van der Waals surface area contributed by atoms with Gasteiger partial charge in [-0.1, -0.05) is 90.0 Å². The third-order valence-corrected chi connectivity index (χ3v) is 6.79. The summed E-state index contributed by atoms with van der Waals surface area (Å²) in [6, 6.07) is 26.5. The molecule has 0 aliphatic carbocycles. The highest BCUT2D eigenvalue weighted by atomic mass is 32.2. The molecule has 0 spiro atoms. The van der Waals surface area contributed by atoms with E-state index in [9.17, 15) is 9.90 Å². The fourth-order valence-corrected chi connectivity index (χ4v) is 4.90. The summed E-state index contributed by atoms with van der Waals surface area (Å²) in [5, 5.41) is 9.34. The molecule has 3 rings (SSSR count). The van der Waals surface area contributed by atoms with E-state index in [4.69, 9.17) is 5.73 Å². The quantitative estimate of drug-likeness (QED) is 0.557. The average molecular weight is 406 g/mol. The van der Waals surface area contributed by atoms with Crippen LogP contribution in [0.1, 0.15) is 27.8 Å². The maximum Gasteiger partial charge on any atom is 0.321 e. The summed E-state index contributed by atoms with van der Waals surface area (Å²) in [5.41, 5.74) is 11.8. The van der Waals surface area contributed by atoms with Crippen molar-refractivity contribution in [3.8, 4) is 0 Å². The van der Waals surface area contributed by atoms with Crippen molar-refractivity contribution < 1.29 is 9.90 Å². The summed E-state index contributed by atoms with van der Waals surface area (Å²) in [4.78, 5) is 11.4. The predicted octanol–water partition coefficient (Wildman–Crippen LogP) is 4.93. The Morgan fingerprint density at radius 1 is 0.897 bits per heavy atom. The molecule has 3 nitrogen and oxygen atoms in total. The lowest BCUT2D eigenvalue weighted by Gasteiger charge is -2.36. The molecule has 0 radical (unpaired) electrons. The van der Waals surface area contributed by atoms with E-state index in [0.29, 0.717) is 5.75 Å². The zero-order valence-corrected chi connectivity index (χ0v) is 17.7. The van der Waals surface area contributed by atoms with E-state index in [-0.39, 0.29) is 0 Å². The number of carboxylic acid groups (broad SMARTS) is 1. The van der Waals surface area contributed by atoms with E-state index in [2.05, 4.69) is 74.5 Å². The molecule has 0 bridgehead atoms. The van der Waals surface area contributed by atoms with Crippen LogP contribution in [0.2, 0.25) is 0 Å². The SMILES string of the molecule is Cc1ccc(C(Cc2ccccc2)(SC[C@H](N)C(=O)O)c2ccc(C)cc2)cc1.